The van der Waals surface area contributed by atoms with E-state index in [1.807, 2.05) is 0 Å². The summed E-state index contributed by atoms with van der Waals surface area (Å²) in [6, 6.07) is 6.88. The van der Waals surface area contributed by atoms with Gasteiger partial charge in [-0.05, 0) is 12.1 Å². The molecule has 8 nitrogen and oxygen atoms in total. The highest BCUT2D eigenvalue weighted by molar-refractivity contribution is 7.98. The van der Waals surface area contributed by atoms with Crippen LogP contribution in [0.4, 0.5) is 0 Å². The van der Waals surface area contributed by atoms with Crippen molar-refractivity contribution in [3.8, 4) is 17.3 Å². The van der Waals surface area contributed by atoms with E-state index in [9.17, 15) is 10.1 Å². The van der Waals surface area contributed by atoms with Crippen LogP contribution >= 0.6 is 35.0 Å². The molecule has 3 rings (SSSR count). The van der Waals surface area contributed by atoms with Crippen LogP contribution in [-0.4, -0.2) is 30.6 Å². The fourth-order valence-corrected chi connectivity index (χ4v) is 3.03. The highest BCUT2D eigenvalue weighted by Gasteiger charge is 2.16. The SMILES string of the molecule is N#Cc1c(SCc2nn[nH]n2)nc(=O)[nH]c1-c1ccc(Cl)c(Cl)c1. The van der Waals surface area contributed by atoms with Crippen LogP contribution in [-0.2, 0) is 5.75 Å². The van der Waals surface area contributed by atoms with E-state index in [1.54, 1.807) is 18.2 Å². The topological polar surface area (TPSA) is 124 Å². The molecule has 24 heavy (non-hydrogen) atoms. The Morgan fingerprint density at radius 1 is 1.29 bits per heavy atom. The number of nitrogens with zero attached hydrogens (tertiary/aromatic N) is 5. The molecule has 0 spiro atoms. The second kappa shape index (κ2) is 7.00. The van der Waals surface area contributed by atoms with Gasteiger partial charge in [-0.2, -0.15) is 15.5 Å². The van der Waals surface area contributed by atoms with E-state index in [4.69, 9.17) is 23.2 Å². The zero-order valence-corrected chi connectivity index (χ0v) is 14.1. The Kier molecular flexibility index (Phi) is 4.80. The normalized spacial score (nSPS) is 10.5. The molecule has 11 heteroatoms. The summed E-state index contributed by atoms with van der Waals surface area (Å²) in [6.45, 7) is 0. The minimum atomic E-state index is -0.578. The molecule has 0 aliphatic rings. The largest absolute Gasteiger partial charge is 0.346 e. The number of aromatic nitrogens is 6. The van der Waals surface area contributed by atoms with Gasteiger partial charge < -0.3 is 4.98 Å². The summed E-state index contributed by atoms with van der Waals surface area (Å²) in [5.74, 6) is 0.740. The molecular formula is C13H7Cl2N7OS. The summed E-state index contributed by atoms with van der Waals surface area (Å²) in [5, 5.41) is 23.9. The van der Waals surface area contributed by atoms with E-state index in [-0.39, 0.29) is 10.6 Å². The molecule has 0 fully saturated rings. The molecule has 0 saturated heterocycles. The number of halogens is 2. The number of aromatic amines is 2. The predicted molar refractivity (Wildman–Crippen MR) is 88.8 cm³/mol. The maximum Gasteiger partial charge on any atom is 0.346 e. The van der Waals surface area contributed by atoms with Gasteiger partial charge in [-0.1, -0.05) is 46.2 Å². The average molecular weight is 380 g/mol. The molecule has 0 saturated carbocycles. The number of benzene rings is 1. The molecule has 0 unspecified atom stereocenters. The number of tetrazole rings is 1. The Hall–Kier alpha value is -2.41. The van der Waals surface area contributed by atoms with Gasteiger partial charge in [0.05, 0.1) is 21.5 Å². The smallest absolute Gasteiger partial charge is 0.304 e. The third kappa shape index (κ3) is 3.41. The molecule has 1 aromatic carbocycles. The predicted octanol–water partition coefficient (Wildman–Crippen LogP) is 2.42. The van der Waals surface area contributed by atoms with Crippen LogP contribution in [0, 0.1) is 11.3 Å². The first-order valence-electron chi connectivity index (χ1n) is 6.43. The van der Waals surface area contributed by atoms with Crippen molar-refractivity contribution < 1.29 is 0 Å². The molecule has 0 bridgehead atoms. The third-order valence-electron chi connectivity index (χ3n) is 2.95. The molecule has 0 aliphatic heterocycles. The van der Waals surface area contributed by atoms with E-state index in [0.29, 0.717) is 32.9 Å². The summed E-state index contributed by atoms with van der Waals surface area (Å²) in [4.78, 5) is 18.3. The van der Waals surface area contributed by atoms with Gasteiger partial charge in [0.25, 0.3) is 0 Å². The molecular weight excluding hydrogens is 373 g/mol. The van der Waals surface area contributed by atoms with Crippen molar-refractivity contribution in [1.82, 2.24) is 30.6 Å². The lowest BCUT2D eigenvalue weighted by atomic mass is 10.1. The van der Waals surface area contributed by atoms with Crippen molar-refractivity contribution >= 4 is 35.0 Å². The van der Waals surface area contributed by atoms with Gasteiger partial charge in [-0.3, -0.25) is 0 Å². The number of hydrogen-bond acceptors (Lipinski definition) is 7. The lowest BCUT2D eigenvalue weighted by molar-refractivity contribution is 0.881. The van der Waals surface area contributed by atoms with Crippen LogP contribution in [0.25, 0.3) is 11.3 Å². The summed E-state index contributed by atoms with van der Waals surface area (Å²) in [6.07, 6.45) is 0. The molecule has 0 radical (unpaired) electrons. The van der Waals surface area contributed by atoms with Crippen molar-refractivity contribution in [3.05, 3.63) is 50.1 Å². The van der Waals surface area contributed by atoms with Crippen molar-refractivity contribution in [1.29, 1.82) is 5.26 Å². The zero-order valence-electron chi connectivity index (χ0n) is 11.7. The first kappa shape index (κ1) is 16.4. The van der Waals surface area contributed by atoms with Gasteiger partial charge in [-0.25, -0.2) is 4.79 Å². The minimum Gasteiger partial charge on any atom is -0.304 e. The van der Waals surface area contributed by atoms with Crippen LogP contribution in [0.3, 0.4) is 0 Å². The monoisotopic (exact) mass is 379 g/mol. The number of H-pyrrole nitrogens is 2. The Labute approximate surface area is 149 Å². The molecule has 0 aliphatic carbocycles. The minimum absolute atomic E-state index is 0.224. The van der Waals surface area contributed by atoms with E-state index in [0.717, 1.165) is 11.8 Å². The molecule has 0 atom stereocenters. The summed E-state index contributed by atoms with van der Waals surface area (Å²) >= 11 is 13.1. The van der Waals surface area contributed by atoms with Crippen LogP contribution in [0.2, 0.25) is 10.0 Å². The molecule has 3 aromatic rings. The summed E-state index contributed by atoms with van der Waals surface area (Å²) in [5.41, 5.74) is 0.528. The highest BCUT2D eigenvalue weighted by Crippen LogP contribution is 2.31. The lowest BCUT2D eigenvalue weighted by Crippen LogP contribution is -2.14. The fourth-order valence-electron chi connectivity index (χ4n) is 1.91. The van der Waals surface area contributed by atoms with Crippen molar-refractivity contribution in [2.45, 2.75) is 10.8 Å². The number of thioether (sulfide) groups is 1. The third-order valence-corrected chi connectivity index (χ3v) is 4.66. The Morgan fingerprint density at radius 3 is 2.79 bits per heavy atom. The Morgan fingerprint density at radius 2 is 2.12 bits per heavy atom. The number of hydrogen-bond donors (Lipinski definition) is 2. The summed E-state index contributed by atoms with van der Waals surface area (Å²) < 4.78 is 0. The number of nitrogens with one attached hydrogen (secondary N) is 2. The lowest BCUT2D eigenvalue weighted by Gasteiger charge is -2.08. The molecule has 2 N–H and O–H groups in total. The Balaban J connectivity index is 2.04. The molecule has 2 aromatic heterocycles. The van der Waals surface area contributed by atoms with E-state index < -0.39 is 5.69 Å². The maximum atomic E-state index is 11.9. The molecule has 120 valence electrons. The van der Waals surface area contributed by atoms with Crippen LogP contribution in [0.5, 0.6) is 0 Å². The Bertz CT molecular complexity index is 981. The number of nitriles is 1. The van der Waals surface area contributed by atoms with Crippen molar-refractivity contribution in [2.24, 2.45) is 0 Å². The second-order valence-corrected chi connectivity index (χ2v) is 6.23. The summed E-state index contributed by atoms with van der Waals surface area (Å²) in [7, 11) is 0. The first-order valence-corrected chi connectivity index (χ1v) is 8.17. The van der Waals surface area contributed by atoms with Gasteiger partial charge in [0.2, 0.25) is 0 Å². The zero-order chi connectivity index (χ0) is 17.1. The van der Waals surface area contributed by atoms with E-state index >= 15 is 0 Å². The average Bonchev–Trinajstić information content (AvgIpc) is 3.08. The van der Waals surface area contributed by atoms with Crippen LogP contribution < -0.4 is 5.69 Å². The second-order valence-electron chi connectivity index (χ2n) is 4.45. The van der Waals surface area contributed by atoms with Crippen molar-refractivity contribution in [3.63, 3.8) is 0 Å². The maximum absolute atomic E-state index is 11.9. The highest BCUT2D eigenvalue weighted by atomic mass is 35.5. The molecule has 0 amide bonds. The van der Waals surface area contributed by atoms with Gasteiger partial charge in [0.1, 0.15) is 16.7 Å². The standard InChI is InChI=1S/C13H7Cl2N7OS/c14-8-2-1-6(3-9(8)15)11-7(4-16)12(18-13(23)17-11)24-5-10-19-21-22-20-10/h1-3H,5H2,(H,17,18,23)(H,19,20,21,22). The van der Waals surface area contributed by atoms with Gasteiger partial charge >= 0.3 is 5.69 Å². The van der Waals surface area contributed by atoms with Gasteiger partial charge in [-0.15, -0.1) is 10.2 Å². The fraction of sp³-hybridized carbons (Fsp3) is 0.0769. The first-order chi connectivity index (χ1) is 11.6. The van der Waals surface area contributed by atoms with Gasteiger partial charge in [0, 0.05) is 5.56 Å². The van der Waals surface area contributed by atoms with E-state index in [1.165, 1.54) is 0 Å². The quantitative estimate of drug-likeness (QED) is 0.526. The van der Waals surface area contributed by atoms with Crippen molar-refractivity contribution in [2.75, 3.05) is 0 Å². The van der Waals surface area contributed by atoms with E-state index in [2.05, 4.69) is 36.7 Å². The van der Waals surface area contributed by atoms with Crippen LogP contribution in [0.15, 0.2) is 28.0 Å². The number of rotatable bonds is 4. The molecule has 2 heterocycles. The van der Waals surface area contributed by atoms with Crippen LogP contribution in [0.1, 0.15) is 11.4 Å². The van der Waals surface area contributed by atoms with Gasteiger partial charge in [0.15, 0.2) is 5.82 Å².